The van der Waals surface area contributed by atoms with E-state index in [0.717, 1.165) is 34.4 Å². The van der Waals surface area contributed by atoms with Gasteiger partial charge in [0, 0.05) is 17.9 Å². The molecule has 0 unspecified atom stereocenters. The summed E-state index contributed by atoms with van der Waals surface area (Å²) in [4.78, 5) is 0. The van der Waals surface area contributed by atoms with E-state index in [2.05, 4.69) is 27.8 Å². The highest BCUT2D eigenvalue weighted by Gasteiger charge is 2.12. The first kappa shape index (κ1) is 15.3. The van der Waals surface area contributed by atoms with Gasteiger partial charge in [-0.15, -0.1) is 10.2 Å². The average molecular weight is 320 g/mol. The molecule has 0 fully saturated rings. The van der Waals surface area contributed by atoms with E-state index >= 15 is 0 Å². The summed E-state index contributed by atoms with van der Waals surface area (Å²) in [6, 6.07) is 19.9. The Morgan fingerprint density at radius 2 is 1.91 bits per heavy atom. The quantitative estimate of drug-likeness (QED) is 0.663. The topological polar surface area (TPSA) is 54.5 Å². The summed E-state index contributed by atoms with van der Waals surface area (Å²) in [6.07, 6.45) is 0. The lowest BCUT2D eigenvalue weighted by molar-refractivity contribution is 0.687. The Balaban J connectivity index is 1.81. The van der Waals surface area contributed by atoms with Crippen LogP contribution in [0.1, 0.15) is 18.1 Å². The molecule has 0 bridgehead atoms. The van der Waals surface area contributed by atoms with Crippen LogP contribution in [0.15, 0.2) is 59.8 Å². The second-order valence-electron chi connectivity index (χ2n) is 5.02. The smallest absolute Gasteiger partial charge is 0.191 e. The highest BCUT2D eigenvalue weighted by atomic mass is 32.2. The number of nitriles is 1. The van der Waals surface area contributed by atoms with Gasteiger partial charge >= 0.3 is 0 Å². The molecule has 0 aliphatic rings. The Bertz CT molecular complexity index is 834. The molecule has 114 valence electrons. The lowest BCUT2D eigenvalue weighted by Gasteiger charge is -2.07. The van der Waals surface area contributed by atoms with Gasteiger partial charge in [-0.2, -0.15) is 5.26 Å². The molecule has 23 heavy (non-hydrogen) atoms. The maximum atomic E-state index is 8.98. The van der Waals surface area contributed by atoms with Gasteiger partial charge in [0.2, 0.25) is 0 Å². The van der Waals surface area contributed by atoms with Crippen LogP contribution < -0.4 is 0 Å². The molecule has 0 atom stereocenters. The fraction of sp³-hybridized carbons (Fsp3) is 0.167. The minimum absolute atomic E-state index is 0.685. The minimum atomic E-state index is 0.685. The van der Waals surface area contributed by atoms with Crippen molar-refractivity contribution in [2.45, 2.75) is 24.4 Å². The van der Waals surface area contributed by atoms with E-state index in [9.17, 15) is 0 Å². The first-order chi connectivity index (χ1) is 11.3. The van der Waals surface area contributed by atoms with Crippen molar-refractivity contribution < 1.29 is 0 Å². The molecule has 3 aromatic rings. The van der Waals surface area contributed by atoms with Crippen LogP contribution >= 0.6 is 11.8 Å². The van der Waals surface area contributed by atoms with E-state index in [1.165, 1.54) is 0 Å². The molecule has 0 amide bonds. The summed E-state index contributed by atoms with van der Waals surface area (Å²) >= 11 is 1.64. The maximum absolute atomic E-state index is 8.98. The van der Waals surface area contributed by atoms with Crippen LogP contribution in [0.5, 0.6) is 0 Å². The van der Waals surface area contributed by atoms with E-state index in [4.69, 9.17) is 5.26 Å². The van der Waals surface area contributed by atoms with Gasteiger partial charge in [0.05, 0.1) is 11.6 Å². The molecule has 2 aromatic carbocycles. The first-order valence-electron chi connectivity index (χ1n) is 7.42. The van der Waals surface area contributed by atoms with Gasteiger partial charge in [-0.25, -0.2) is 0 Å². The van der Waals surface area contributed by atoms with Gasteiger partial charge in [-0.3, -0.25) is 0 Å². The zero-order valence-corrected chi connectivity index (χ0v) is 13.6. The summed E-state index contributed by atoms with van der Waals surface area (Å²) in [5, 5.41) is 18.5. The SMILES string of the molecule is CCn1c(SCc2cccc(C#N)c2)nnc1-c1ccccc1. The molecule has 4 nitrogen and oxygen atoms in total. The van der Waals surface area contributed by atoms with Gasteiger partial charge in [0.15, 0.2) is 11.0 Å². The normalized spacial score (nSPS) is 10.4. The second kappa shape index (κ2) is 7.12. The largest absolute Gasteiger partial charge is 0.302 e. The number of rotatable bonds is 5. The van der Waals surface area contributed by atoms with Crippen LogP contribution in [0.3, 0.4) is 0 Å². The van der Waals surface area contributed by atoms with Gasteiger partial charge < -0.3 is 4.57 Å². The number of aromatic nitrogens is 3. The molecular formula is C18H16N4S. The van der Waals surface area contributed by atoms with Crippen molar-refractivity contribution in [3.05, 3.63) is 65.7 Å². The standard InChI is InChI=1S/C18H16N4S/c1-2-22-17(16-9-4-3-5-10-16)20-21-18(22)23-13-15-8-6-7-14(11-15)12-19/h3-11H,2,13H2,1H3. The van der Waals surface area contributed by atoms with E-state index < -0.39 is 0 Å². The predicted octanol–water partition coefficient (Wildman–Crippen LogP) is 4.13. The van der Waals surface area contributed by atoms with E-state index in [1.54, 1.807) is 11.8 Å². The summed E-state index contributed by atoms with van der Waals surface area (Å²) in [5.41, 5.74) is 2.87. The van der Waals surface area contributed by atoms with Crippen molar-refractivity contribution in [1.29, 1.82) is 5.26 Å². The van der Waals surface area contributed by atoms with Gasteiger partial charge in [0.25, 0.3) is 0 Å². The fourth-order valence-corrected chi connectivity index (χ4v) is 3.31. The van der Waals surface area contributed by atoms with Crippen LogP contribution in [-0.2, 0) is 12.3 Å². The van der Waals surface area contributed by atoms with Crippen LogP contribution in [0, 0.1) is 11.3 Å². The molecule has 0 aliphatic heterocycles. The third kappa shape index (κ3) is 3.43. The maximum Gasteiger partial charge on any atom is 0.191 e. The highest BCUT2D eigenvalue weighted by Crippen LogP contribution is 2.26. The Morgan fingerprint density at radius 3 is 2.65 bits per heavy atom. The number of thioether (sulfide) groups is 1. The van der Waals surface area contributed by atoms with Gasteiger partial charge in [-0.1, -0.05) is 54.2 Å². The molecular weight excluding hydrogens is 304 g/mol. The fourth-order valence-electron chi connectivity index (χ4n) is 2.36. The lowest BCUT2D eigenvalue weighted by Crippen LogP contribution is -1.99. The van der Waals surface area contributed by atoms with Crippen molar-refractivity contribution in [3.63, 3.8) is 0 Å². The summed E-state index contributed by atoms with van der Waals surface area (Å²) in [6.45, 7) is 2.91. The van der Waals surface area contributed by atoms with Crippen molar-refractivity contribution in [3.8, 4) is 17.5 Å². The van der Waals surface area contributed by atoms with Gasteiger partial charge in [0.1, 0.15) is 0 Å². The lowest BCUT2D eigenvalue weighted by atomic mass is 10.2. The molecule has 0 saturated heterocycles. The summed E-state index contributed by atoms with van der Waals surface area (Å²) in [7, 11) is 0. The van der Waals surface area contributed by atoms with Crippen molar-refractivity contribution >= 4 is 11.8 Å². The van der Waals surface area contributed by atoms with E-state index in [1.807, 2.05) is 54.6 Å². The molecule has 0 aliphatic carbocycles. The Morgan fingerprint density at radius 1 is 1.09 bits per heavy atom. The Kier molecular flexibility index (Phi) is 4.74. The van der Waals surface area contributed by atoms with Crippen molar-refractivity contribution in [1.82, 2.24) is 14.8 Å². The Hall–Kier alpha value is -2.58. The van der Waals surface area contributed by atoms with Crippen LogP contribution in [0.4, 0.5) is 0 Å². The molecule has 1 aromatic heterocycles. The monoisotopic (exact) mass is 320 g/mol. The number of hydrogen-bond acceptors (Lipinski definition) is 4. The molecule has 1 heterocycles. The molecule has 0 radical (unpaired) electrons. The zero-order chi connectivity index (χ0) is 16.1. The predicted molar refractivity (Wildman–Crippen MR) is 91.9 cm³/mol. The Labute approximate surface area is 139 Å². The second-order valence-corrected chi connectivity index (χ2v) is 5.96. The van der Waals surface area contributed by atoms with Crippen molar-refractivity contribution in [2.75, 3.05) is 0 Å². The van der Waals surface area contributed by atoms with Crippen molar-refractivity contribution in [2.24, 2.45) is 0 Å². The molecule has 0 saturated carbocycles. The summed E-state index contributed by atoms with van der Waals surface area (Å²) < 4.78 is 2.12. The minimum Gasteiger partial charge on any atom is -0.302 e. The number of hydrogen-bond donors (Lipinski definition) is 0. The van der Waals surface area contributed by atoms with Gasteiger partial charge in [-0.05, 0) is 24.6 Å². The van der Waals surface area contributed by atoms with E-state index in [0.29, 0.717) is 5.56 Å². The molecule has 0 spiro atoms. The molecule has 0 N–H and O–H groups in total. The van der Waals surface area contributed by atoms with Crippen LogP contribution in [0.2, 0.25) is 0 Å². The highest BCUT2D eigenvalue weighted by molar-refractivity contribution is 7.98. The zero-order valence-electron chi connectivity index (χ0n) is 12.8. The number of benzene rings is 2. The van der Waals surface area contributed by atoms with Crippen LogP contribution in [0.25, 0.3) is 11.4 Å². The first-order valence-corrected chi connectivity index (χ1v) is 8.41. The molecule has 3 rings (SSSR count). The van der Waals surface area contributed by atoms with E-state index in [-0.39, 0.29) is 0 Å². The third-order valence-corrected chi connectivity index (χ3v) is 4.53. The average Bonchev–Trinajstić information content (AvgIpc) is 3.04. The van der Waals surface area contributed by atoms with Crippen LogP contribution in [-0.4, -0.2) is 14.8 Å². The summed E-state index contributed by atoms with van der Waals surface area (Å²) in [5.74, 6) is 1.66. The third-order valence-electron chi connectivity index (χ3n) is 3.49. The number of nitrogens with zero attached hydrogens (tertiary/aromatic N) is 4. The molecule has 5 heteroatoms.